The normalized spacial score (nSPS) is 17.4. The lowest BCUT2D eigenvalue weighted by atomic mass is 9.97. The molecule has 4 nitrogen and oxygen atoms in total. The van der Waals surface area contributed by atoms with Crippen molar-refractivity contribution in [1.29, 1.82) is 0 Å². The van der Waals surface area contributed by atoms with Gasteiger partial charge in [0.05, 0.1) is 11.6 Å². The third kappa shape index (κ3) is 2.37. The second kappa shape index (κ2) is 5.81. The number of nitrogens with zero attached hydrogens (tertiary/aromatic N) is 2. The van der Waals surface area contributed by atoms with Gasteiger partial charge in [-0.25, -0.2) is 4.90 Å². The van der Waals surface area contributed by atoms with E-state index in [2.05, 4.69) is 0 Å². The second-order valence-electron chi connectivity index (χ2n) is 7.07. The van der Waals surface area contributed by atoms with Gasteiger partial charge in [-0.1, -0.05) is 48.5 Å². The van der Waals surface area contributed by atoms with Gasteiger partial charge in [-0.15, -0.1) is 0 Å². The van der Waals surface area contributed by atoms with Gasteiger partial charge < -0.3 is 4.57 Å². The van der Waals surface area contributed by atoms with Crippen LogP contribution in [0.5, 0.6) is 0 Å². The fourth-order valence-electron chi connectivity index (χ4n) is 4.11. The number of rotatable bonds is 2. The van der Waals surface area contributed by atoms with Crippen molar-refractivity contribution in [3.05, 3.63) is 78.5 Å². The van der Waals surface area contributed by atoms with Crippen molar-refractivity contribution in [2.75, 3.05) is 4.90 Å². The van der Waals surface area contributed by atoms with Crippen LogP contribution < -0.4 is 4.90 Å². The molecule has 1 saturated heterocycles. The zero-order valence-corrected chi connectivity index (χ0v) is 14.9. The van der Waals surface area contributed by atoms with Crippen molar-refractivity contribution >= 4 is 39.2 Å². The molecule has 2 heterocycles. The van der Waals surface area contributed by atoms with Crippen LogP contribution in [-0.2, 0) is 16.6 Å². The summed E-state index contributed by atoms with van der Waals surface area (Å²) in [5, 5.41) is 3.14. The lowest BCUT2D eigenvalue weighted by Crippen LogP contribution is -2.29. The Morgan fingerprint density at radius 2 is 1.63 bits per heavy atom. The summed E-state index contributed by atoms with van der Waals surface area (Å²) in [6, 6.07) is 21.7. The third-order valence-electron chi connectivity index (χ3n) is 5.44. The summed E-state index contributed by atoms with van der Waals surface area (Å²) in [5.74, 6) is -0.727. The first-order chi connectivity index (χ1) is 13.1. The van der Waals surface area contributed by atoms with Crippen molar-refractivity contribution in [2.24, 2.45) is 7.05 Å². The fourth-order valence-corrected chi connectivity index (χ4v) is 4.11. The number of carbonyl (C=O) groups is 2. The van der Waals surface area contributed by atoms with Crippen LogP contribution in [0.15, 0.2) is 72.9 Å². The summed E-state index contributed by atoms with van der Waals surface area (Å²) in [4.78, 5) is 27.3. The van der Waals surface area contributed by atoms with Crippen molar-refractivity contribution < 1.29 is 9.59 Å². The quantitative estimate of drug-likeness (QED) is 0.501. The zero-order chi connectivity index (χ0) is 18.5. The molecule has 0 aliphatic carbocycles. The smallest absolute Gasteiger partial charge is 0.241 e. The molecule has 0 N–H and O–H groups in total. The summed E-state index contributed by atoms with van der Waals surface area (Å²) in [5.41, 5.74) is 2.64. The predicted molar refractivity (Wildman–Crippen MR) is 107 cm³/mol. The number of fused-ring (bicyclic) bond motifs is 2. The third-order valence-corrected chi connectivity index (χ3v) is 5.44. The van der Waals surface area contributed by atoms with E-state index in [9.17, 15) is 9.59 Å². The first-order valence-electron chi connectivity index (χ1n) is 9.03. The number of hydrogen-bond acceptors (Lipinski definition) is 2. The largest absolute Gasteiger partial charge is 0.350 e. The van der Waals surface area contributed by atoms with E-state index in [1.54, 1.807) is 0 Å². The molecule has 4 heteroatoms. The second-order valence-corrected chi connectivity index (χ2v) is 7.07. The van der Waals surface area contributed by atoms with Crippen molar-refractivity contribution in [3.63, 3.8) is 0 Å². The molecule has 1 atom stereocenters. The van der Waals surface area contributed by atoms with Crippen LogP contribution in [0.3, 0.4) is 0 Å². The fraction of sp³-hybridized carbons (Fsp3) is 0.130. The van der Waals surface area contributed by atoms with E-state index in [0.29, 0.717) is 5.69 Å². The summed E-state index contributed by atoms with van der Waals surface area (Å²) >= 11 is 0. The molecule has 4 aromatic rings. The van der Waals surface area contributed by atoms with E-state index >= 15 is 0 Å². The number of aryl methyl sites for hydroxylation is 1. The monoisotopic (exact) mass is 354 g/mol. The van der Waals surface area contributed by atoms with Crippen molar-refractivity contribution in [2.45, 2.75) is 12.3 Å². The summed E-state index contributed by atoms with van der Waals surface area (Å²) < 4.78 is 2.01. The van der Waals surface area contributed by atoms with Crippen LogP contribution in [0, 0.1) is 0 Å². The number of carbonyl (C=O) groups excluding carboxylic acids is 2. The van der Waals surface area contributed by atoms with Gasteiger partial charge in [0, 0.05) is 30.6 Å². The lowest BCUT2D eigenvalue weighted by Gasteiger charge is -2.15. The van der Waals surface area contributed by atoms with Gasteiger partial charge in [0.25, 0.3) is 0 Å². The Morgan fingerprint density at radius 3 is 2.48 bits per heavy atom. The molecule has 0 bridgehead atoms. The average Bonchev–Trinajstić information content (AvgIpc) is 3.18. The SMILES string of the molecule is Cn1cc(C2CC(=O)N(c3ccc4ccccc4c3)C2=O)c2ccccc21. The lowest BCUT2D eigenvalue weighted by molar-refractivity contribution is -0.121. The van der Waals surface area contributed by atoms with Crippen LogP contribution >= 0.6 is 0 Å². The van der Waals surface area contributed by atoms with E-state index in [1.807, 2.05) is 84.5 Å². The Hall–Kier alpha value is -3.40. The molecule has 1 aliphatic heterocycles. The molecule has 0 radical (unpaired) electrons. The average molecular weight is 354 g/mol. The molecule has 132 valence electrons. The predicted octanol–water partition coefficient (Wildman–Crippen LogP) is 4.38. The van der Waals surface area contributed by atoms with Crippen LogP contribution in [0.4, 0.5) is 5.69 Å². The molecular weight excluding hydrogens is 336 g/mol. The minimum Gasteiger partial charge on any atom is -0.350 e. The molecule has 0 spiro atoms. The Kier molecular flexibility index (Phi) is 3.41. The highest BCUT2D eigenvalue weighted by atomic mass is 16.2. The number of aromatic nitrogens is 1. The summed E-state index contributed by atoms with van der Waals surface area (Å²) in [6.45, 7) is 0. The minimum absolute atomic E-state index is 0.145. The maximum absolute atomic E-state index is 13.2. The topological polar surface area (TPSA) is 42.3 Å². The van der Waals surface area contributed by atoms with Gasteiger partial charge in [0.1, 0.15) is 0 Å². The Labute approximate surface area is 156 Å². The van der Waals surface area contributed by atoms with Crippen LogP contribution in [-0.4, -0.2) is 16.4 Å². The molecule has 3 aromatic carbocycles. The standard InChI is InChI=1S/C23H18N2O2/c1-24-14-20(18-8-4-5-9-21(18)24)19-13-22(26)25(23(19)27)17-11-10-15-6-2-3-7-16(15)12-17/h2-12,14,19H,13H2,1H3. The number of para-hydroxylation sites is 1. The van der Waals surface area contributed by atoms with E-state index in [4.69, 9.17) is 0 Å². The van der Waals surface area contributed by atoms with Crippen LogP contribution in [0.1, 0.15) is 17.9 Å². The van der Waals surface area contributed by atoms with Gasteiger partial charge in [-0.2, -0.15) is 0 Å². The maximum atomic E-state index is 13.2. The van der Waals surface area contributed by atoms with E-state index in [0.717, 1.165) is 27.2 Å². The highest BCUT2D eigenvalue weighted by molar-refractivity contribution is 6.23. The first-order valence-corrected chi connectivity index (χ1v) is 9.03. The van der Waals surface area contributed by atoms with Gasteiger partial charge in [0.15, 0.2) is 0 Å². The summed E-state index contributed by atoms with van der Waals surface area (Å²) in [7, 11) is 1.97. The summed E-state index contributed by atoms with van der Waals surface area (Å²) in [6.07, 6.45) is 2.18. The zero-order valence-electron chi connectivity index (χ0n) is 14.9. The van der Waals surface area contributed by atoms with Crippen molar-refractivity contribution in [3.8, 4) is 0 Å². The number of imide groups is 1. The number of hydrogen-bond donors (Lipinski definition) is 0. The molecule has 1 aromatic heterocycles. The number of anilines is 1. The molecule has 1 unspecified atom stereocenters. The Balaban J connectivity index is 1.58. The molecule has 5 rings (SSSR count). The number of amides is 2. The van der Waals surface area contributed by atoms with Gasteiger partial charge in [-0.05, 0) is 34.5 Å². The Morgan fingerprint density at radius 1 is 0.889 bits per heavy atom. The van der Waals surface area contributed by atoms with E-state index < -0.39 is 5.92 Å². The van der Waals surface area contributed by atoms with Crippen LogP contribution in [0.2, 0.25) is 0 Å². The first kappa shape index (κ1) is 15.8. The molecule has 0 saturated carbocycles. The maximum Gasteiger partial charge on any atom is 0.241 e. The van der Waals surface area contributed by atoms with E-state index in [-0.39, 0.29) is 18.2 Å². The van der Waals surface area contributed by atoms with Gasteiger partial charge in [0.2, 0.25) is 11.8 Å². The van der Waals surface area contributed by atoms with Gasteiger partial charge in [-0.3, -0.25) is 9.59 Å². The highest BCUT2D eigenvalue weighted by Crippen LogP contribution is 2.37. The molecular formula is C23H18N2O2. The van der Waals surface area contributed by atoms with E-state index in [1.165, 1.54) is 4.90 Å². The van der Waals surface area contributed by atoms with Gasteiger partial charge >= 0.3 is 0 Å². The van der Waals surface area contributed by atoms with Crippen LogP contribution in [0.25, 0.3) is 21.7 Å². The molecule has 1 aliphatic rings. The molecule has 2 amide bonds. The molecule has 27 heavy (non-hydrogen) atoms. The highest BCUT2D eigenvalue weighted by Gasteiger charge is 2.41. The van der Waals surface area contributed by atoms with Crippen molar-refractivity contribution in [1.82, 2.24) is 4.57 Å². The Bertz CT molecular complexity index is 1220. The minimum atomic E-state index is -0.435. The number of benzene rings is 3. The molecule has 1 fully saturated rings.